The third-order valence-electron chi connectivity index (χ3n) is 5.54. The summed E-state index contributed by atoms with van der Waals surface area (Å²) in [7, 11) is 0. The zero-order valence-corrected chi connectivity index (χ0v) is 18.5. The molecule has 2 amide bonds. The van der Waals surface area contributed by atoms with E-state index in [1.807, 2.05) is 11.4 Å². The van der Waals surface area contributed by atoms with Crippen LogP contribution in [0.25, 0.3) is 10.2 Å². The minimum Gasteiger partial charge on any atom is -0.352 e. The van der Waals surface area contributed by atoms with Crippen LogP contribution in [0.5, 0.6) is 0 Å². The van der Waals surface area contributed by atoms with E-state index in [-0.39, 0.29) is 11.8 Å². The minimum absolute atomic E-state index is 0.258. The smallest absolute Gasteiger partial charge is 0.257 e. The summed E-state index contributed by atoms with van der Waals surface area (Å²) in [6.45, 7) is 5.61. The van der Waals surface area contributed by atoms with Crippen molar-refractivity contribution >= 4 is 39.2 Å². The van der Waals surface area contributed by atoms with Crippen LogP contribution in [0.15, 0.2) is 36.0 Å². The first kappa shape index (κ1) is 22.1. The van der Waals surface area contributed by atoms with Crippen molar-refractivity contribution in [2.45, 2.75) is 19.9 Å². The first-order valence-electron chi connectivity index (χ1n) is 10.3. The van der Waals surface area contributed by atoms with Crippen molar-refractivity contribution in [3.05, 3.63) is 53.2 Å². The second-order valence-electron chi connectivity index (χ2n) is 7.94. The summed E-state index contributed by atoms with van der Waals surface area (Å²) in [6.07, 6.45) is 1.54. The molecule has 0 saturated carbocycles. The molecule has 1 aromatic carbocycles. The highest BCUT2D eigenvalue weighted by atomic mass is 32.1. The number of piperazine rings is 1. The molecule has 168 valence electrons. The summed E-state index contributed by atoms with van der Waals surface area (Å²) in [5.74, 6) is -2.55. The molecule has 1 fully saturated rings. The molecule has 3 aromatic rings. The molecule has 4 rings (SSSR count). The Morgan fingerprint density at radius 3 is 2.41 bits per heavy atom. The van der Waals surface area contributed by atoms with E-state index in [0.29, 0.717) is 26.2 Å². The largest absolute Gasteiger partial charge is 0.352 e. The summed E-state index contributed by atoms with van der Waals surface area (Å²) in [5, 5.41) is 5.48. The number of hydrogen-bond acceptors (Lipinski definition) is 6. The number of amides is 2. The van der Waals surface area contributed by atoms with Gasteiger partial charge in [0.25, 0.3) is 5.91 Å². The van der Waals surface area contributed by atoms with E-state index < -0.39 is 29.1 Å². The summed E-state index contributed by atoms with van der Waals surface area (Å²) < 4.78 is 28.0. The van der Waals surface area contributed by atoms with E-state index in [9.17, 15) is 18.4 Å². The molecule has 3 heterocycles. The highest BCUT2D eigenvalue weighted by Gasteiger charge is 2.32. The van der Waals surface area contributed by atoms with Crippen LogP contribution in [-0.4, -0.2) is 58.9 Å². The van der Waals surface area contributed by atoms with Crippen LogP contribution in [0.3, 0.4) is 0 Å². The number of nitrogens with one attached hydrogen (secondary N) is 1. The summed E-state index contributed by atoms with van der Waals surface area (Å²) in [6, 6.07) is 4.31. The van der Waals surface area contributed by atoms with Crippen molar-refractivity contribution in [2.24, 2.45) is 5.92 Å². The number of carbonyl (C=O) groups is 2. The number of fused-ring (bicyclic) bond motifs is 1. The second-order valence-corrected chi connectivity index (χ2v) is 8.84. The normalized spacial score (nSPS) is 15.3. The second kappa shape index (κ2) is 9.15. The molecule has 10 heteroatoms. The van der Waals surface area contributed by atoms with Crippen LogP contribution in [0.4, 0.5) is 14.6 Å². The van der Waals surface area contributed by atoms with Crippen molar-refractivity contribution in [1.82, 2.24) is 20.2 Å². The van der Waals surface area contributed by atoms with Crippen LogP contribution in [0, 0.1) is 17.6 Å². The van der Waals surface area contributed by atoms with Crippen LogP contribution in [-0.2, 0) is 4.79 Å². The van der Waals surface area contributed by atoms with Gasteiger partial charge in [0.2, 0.25) is 5.91 Å². The molecular weight excluding hydrogens is 436 g/mol. The highest BCUT2D eigenvalue weighted by Crippen LogP contribution is 2.27. The van der Waals surface area contributed by atoms with Crippen molar-refractivity contribution in [3.63, 3.8) is 0 Å². The summed E-state index contributed by atoms with van der Waals surface area (Å²) in [5.41, 5.74) is -0.681. The molecule has 7 nitrogen and oxygen atoms in total. The standard InChI is InChI=1S/C22H23F2N5O2S/c1-13(2)18(27-20(30)17-15(23)4-3-5-16(17)24)22(31)29-9-7-28(8-10-29)19-14-6-11-32-21(14)26-12-25-19/h3-6,11-13,18H,7-10H2,1-2H3,(H,27,30). The molecule has 1 aliphatic heterocycles. The van der Waals surface area contributed by atoms with Gasteiger partial charge in [-0.3, -0.25) is 9.59 Å². The number of thiophene rings is 1. The van der Waals surface area contributed by atoms with Gasteiger partial charge >= 0.3 is 0 Å². The molecule has 1 N–H and O–H groups in total. The fraction of sp³-hybridized carbons (Fsp3) is 0.364. The first-order chi connectivity index (χ1) is 15.4. The van der Waals surface area contributed by atoms with Crippen molar-refractivity contribution in [3.8, 4) is 0 Å². The number of carbonyl (C=O) groups excluding carboxylic acids is 2. The summed E-state index contributed by atoms with van der Waals surface area (Å²) in [4.78, 5) is 39.1. The molecule has 0 radical (unpaired) electrons. The zero-order chi connectivity index (χ0) is 22.8. The maximum atomic E-state index is 14.0. The monoisotopic (exact) mass is 459 g/mol. The molecule has 2 aromatic heterocycles. The fourth-order valence-electron chi connectivity index (χ4n) is 3.81. The topological polar surface area (TPSA) is 78.4 Å². The Morgan fingerprint density at radius 2 is 1.75 bits per heavy atom. The zero-order valence-electron chi connectivity index (χ0n) is 17.7. The van der Waals surface area contributed by atoms with Gasteiger partial charge in [0.15, 0.2) is 0 Å². The molecule has 0 aliphatic carbocycles. The molecule has 1 aliphatic rings. The van der Waals surface area contributed by atoms with E-state index in [2.05, 4.69) is 20.2 Å². The van der Waals surface area contributed by atoms with E-state index in [1.54, 1.807) is 30.1 Å². The SMILES string of the molecule is CC(C)C(NC(=O)c1c(F)cccc1F)C(=O)N1CCN(c2ncnc3sccc23)CC1. The number of rotatable bonds is 5. The van der Waals surface area contributed by atoms with Crippen LogP contribution < -0.4 is 10.2 Å². The Bertz CT molecular complexity index is 1120. The number of hydrogen-bond donors (Lipinski definition) is 1. The average molecular weight is 460 g/mol. The van der Waals surface area contributed by atoms with Gasteiger partial charge in [-0.15, -0.1) is 11.3 Å². The number of benzene rings is 1. The van der Waals surface area contributed by atoms with Gasteiger partial charge < -0.3 is 15.1 Å². The Labute approximate surface area is 188 Å². The van der Waals surface area contributed by atoms with E-state index in [1.165, 1.54) is 12.4 Å². The van der Waals surface area contributed by atoms with Gasteiger partial charge in [-0.1, -0.05) is 19.9 Å². The lowest BCUT2D eigenvalue weighted by molar-refractivity contribution is -0.134. The van der Waals surface area contributed by atoms with Gasteiger partial charge in [-0.2, -0.15) is 0 Å². The van der Waals surface area contributed by atoms with E-state index in [4.69, 9.17) is 0 Å². The van der Waals surface area contributed by atoms with Crippen molar-refractivity contribution in [1.29, 1.82) is 0 Å². The molecule has 1 saturated heterocycles. The lowest BCUT2D eigenvalue weighted by Crippen LogP contribution is -2.56. The molecular formula is C22H23F2N5O2S. The summed E-state index contributed by atoms with van der Waals surface area (Å²) >= 11 is 1.55. The fourth-order valence-corrected chi connectivity index (χ4v) is 4.53. The highest BCUT2D eigenvalue weighted by molar-refractivity contribution is 7.16. The molecule has 0 bridgehead atoms. The van der Waals surface area contributed by atoms with Gasteiger partial charge in [0.05, 0.1) is 5.39 Å². The van der Waals surface area contributed by atoms with E-state index in [0.717, 1.165) is 28.2 Å². The Morgan fingerprint density at radius 1 is 1.06 bits per heavy atom. The maximum Gasteiger partial charge on any atom is 0.257 e. The number of nitrogens with zero attached hydrogens (tertiary/aromatic N) is 4. The average Bonchev–Trinajstić information content (AvgIpc) is 3.26. The van der Waals surface area contributed by atoms with Crippen LogP contribution >= 0.6 is 11.3 Å². The van der Waals surface area contributed by atoms with Crippen molar-refractivity contribution in [2.75, 3.05) is 31.1 Å². The van der Waals surface area contributed by atoms with Gasteiger partial charge in [0.1, 0.15) is 40.2 Å². The molecule has 1 atom stereocenters. The quantitative estimate of drug-likeness (QED) is 0.635. The van der Waals surface area contributed by atoms with Gasteiger partial charge in [0, 0.05) is 26.2 Å². The van der Waals surface area contributed by atoms with Gasteiger partial charge in [-0.25, -0.2) is 18.7 Å². The number of anilines is 1. The third kappa shape index (κ3) is 4.27. The predicted molar refractivity (Wildman–Crippen MR) is 119 cm³/mol. The maximum absolute atomic E-state index is 14.0. The predicted octanol–water partition coefficient (Wildman–Crippen LogP) is 3.07. The van der Waals surface area contributed by atoms with Gasteiger partial charge in [-0.05, 0) is 29.5 Å². The van der Waals surface area contributed by atoms with Crippen LogP contribution in [0.2, 0.25) is 0 Å². The number of halogens is 2. The molecule has 32 heavy (non-hydrogen) atoms. The Hall–Kier alpha value is -3.14. The minimum atomic E-state index is -0.962. The molecule has 0 spiro atoms. The Kier molecular flexibility index (Phi) is 6.31. The van der Waals surface area contributed by atoms with Crippen molar-refractivity contribution < 1.29 is 18.4 Å². The molecule has 1 unspecified atom stereocenters. The third-order valence-corrected chi connectivity index (χ3v) is 6.36. The number of aromatic nitrogens is 2. The first-order valence-corrected chi connectivity index (χ1v) is 11.2. The lowest BCUT2D eigenvalue weighted by atomic mass is 10.0. The van der Waals surface area contributed by atoms with Crippen LogP contribution in [0.1, 0.15) is 24.2 Å². The van der Waals surface area contributed by atoms with E-state index >= 15 is 0 Å². The Balaban J connectivity index is 1.44. The lowest BCUT2D eigenvalue weighted by Gasteiger charge is -2.38.